The first-order chi connectivity index (χ1) is 9.17. The minimum absolute atomic E-state index is 0.263. The van der Waals surface area contributed by atoms with Crippen molar-refractivity contribution in [1.29, 1.82) is 0 Å². The van der Waals surface area contributed by atoms with Gasteiger partial charge in [-0.1, -0.05) is 25.1 Å². The van der Waals surface area contributed by atoms with Gasteiger partial charge in [0.05, 0.1) is 13.2 Å². The lowest BCUT2D eigenvalue weighted by Gasteiger charge is -2.41. The van der Waals surface area contributed by atoms with Crippen LogP contribution in [0.3, 0.4) is 0 Å². The second-order valence-electron chi connectivity index (χ2n) is 5.71. The Labute approximate surface area is 116 Å². The normalized spacial score (nSPS) is 26.1. The van der Waals surface area contributed by atoms with Crippen molar-refractivity contribution >= 4 is 0 Å². The van der Waals surface area contributed by atoms with E-state index in [9.17, 15) is 0 Å². The number of hydrogen-bond acceptors (Lipinski definition) is 3. The topological polar surface area (TPSA) is 38.5 Å². The Morgan fingerprint density at radius 1 is 1.37 bits per heavy atom. The molecular formula is C16H26N2O. The van der Waals surface area contributed by atoms with Crippen molar-refractivity contribution in [2.75, 3.05) is 20.2 Å². The Balaban J connectivity index is 2.24. The molecule has 1 fully saturated rings. The number of nitrogens with two attached hydrogens (primary N) is 1. The van der Waals surface area contributed by atoms with E-state index >= 15 is 0 Å². The van der Waals surface area contributed by atoms with Crippen LogP contribution in [-0.4, -0.2) is 31.1 Å². The van der Waals surface area contributed by atoms with Crippen molar-refractivity contribution in [3.63, 3.8) is 0 Å². The average Bonchev–Trinajstić information content (AvgIpc) is 2.42. The Hall–Kier alpha value is -1.06. The molecule has 0 bridgehead atoms. The Kier molecular flexibility index (Phi) is 4.83. The molecule has 1 aliphatic rings. The number of benzene rings is 1. The van der Waals surface area contributed by atoms with Gasteiger partial charge in [0, 0.05) is 18.2 Å². The van der Waals surface area contributed by atoms with Crippen LogP contribution in [0, 0.1) is 5.92 Å². The van der Waals surface area contributed by atoms with Crippen LogP contribution in [-0.2, 0) is 0 Å². The summed E-state index contributed by atoms with van der Waals surface area (Å²) in [6.45, 7) is 6.42. The third kappa shape index (κ3) is 3.10. The third-order valence-electron chi connectivity index (χ3n) is 4.31. The number of methoxy groups -OCH3 is 1. The van der Waals surface area contributed by atoms with Crippen LogP contribution in [0.15, 0.2) is 24.3 Å². The number of ether oxygens (including phenoxy) is 1. The highest BCUT2D eigenvalue weighted by atomic mass is 16.5. The van der Waals surface area contributed by atoms with Crippen LogP contribution < -0.4 is 10.5 Å². The molecule has 0 saturated carbocycles. The molecule has 0 aliphatic carbocycles. The van der Waals surface area contributed by atoms with Gasteiger partial charge in [-0.2, -0.15) is 0 Å². The summed E-state index contributed by atoms with van der Waals surface area (Å²) in [6, 6.07) is 9.09. The number of rotatable bonds is 4. The lowest BCUT2D eigenvalue weighted by molar-refractivity contribution is 0.0835. The summed E-state index contributed by atoms with van der Waals surface area (Å²) in [5.41, 5.74) is 7.28. The van der Waals surface area contributed by atoms with Gasteiger partial charge in [-0.15, -0.1) is 0 Å². The summed E-state index contributed by atoms with van der Waals surface area (Å²) in [5.74, 6) is 1.77. The van der Waals surface area contributed by atoms with Gasteiger partial charge >= 0.3 is 0 Å². The van der Waals surface area contributed by atoms with E-state index in [-0.39, 0.29) is 6.04 Å². The zero-order valence-electron chi connectivity index (χ0n) is 12.3. The highest BCUT2D eigenvalue weighted by molar-refractivity contribution is 5.36. The molecule has 0 radical (unpaired) electrons. The smallest absolute Gasteiger partial charge is 0.123 e. The highest BCUT2D eigenvalue weighted by Crippen LogP contribution is 2.34. The summed E-state index contributed by atoms with van der Waals surface area (Å²) in [5, 5.41) is 0. The number of para-hydroxylation sites is 1. The molecule has 1 saturated heterocycles. The average molecular weight is 262 g/mol. The molecule has 0 amide bonds. The molecule has 19 heavy (non-hydrogen) atoms. The molecule has 1 heterocycles. The number of hydrogen-bond donors (Lipinski definition) is 1. The second kappa shape index (κ2) is 6.40. The maximum atomic E-state index is 6.06. The Morgan fingerprint density at radius 2 is 2.11 bits per heavy atom. The second-order valence-corrected chi connectivity index (χ2v) is 5.71. The van der Waals surface area contributed by atoms with Crippen molar-refractivity contribution < 1.29 is 4.74 Å². The molecule has 0 aromatic heterocycles. The number of nitrogens with zero attached hydrogens (tertiary/aromatic N) is 1. The zero-order chi connectivity index (χ0) is 13.8. The van der Waals surface area contributed by atoms with E-state index in [0.29, 0.717) is 12.6 Å². The van der Waals surface area contributed by atoms with Gasteiger partial charge in [0.25, 0.3) is 0 Å². The first-order valence-corrected chi connectivity index (χ1v) is 7.26. The van der Waals surface area contributed by atoms with Crippen molar-refractivity contribution in [1.82, 2.24) is 4.90 Å². The van der Waals surface area contributed by atoms with Gasteiger partial charge < -0.3 is 10.5 Å². The van der Waals surface area contributed by atoms with E-state index in [1.807, 2.05) is 12.1 Å². The molecule has 106 valence electrons. The molecular weight excluding hydrogens is 236 g/mol. The fourth-order valence-electron chi connectivity index (χ4n) is 3.27. The largest absolute Gasteiger partial charge is 0.496 e. The summed E-state index contributed by atoms with van der Waals surface area (Å²) >= 11 is 0. The van der Waals surface area contributed by atoms with Gasteiger partial charge in [0.1, 0.15) is 5.75 Å². The molecule has 3 atom stereocenters. The predicted molar refractivity (Wildman–Crippen MR) is 79.4 cm³/mol. The van der Waals surface area contributed by atoms with Crippen LogP contribution in [0.5, 0.6) is 5.75 Å². The predicted octanol–water partition coefficient (Wildman–Crippen LogP) is 2.82. The van der Waals surface area contributed by atoms with Gasteiger partial charge in [-0.3, -0.25) is 4.90 Å². The van der Waals surface area contributed by atoms with Gasteiger partial charge in [-0.05, 0) is 38.3 Å². The molecule has 3 heteroatoms. The third-order valence-corrected chi connectivity index (χ3v) is 4.31. The standard InChI is InChI=1S/C16H26N2O/c1-12-8-9-18(13(2)10-12)15(11-17)14-6-4-5-7-16(14)19-3/h4-7,12-13,15H,8-11,17H2,1-3H3. The van der Waals surface area contributed by atoms with E-state index in [0.717, 1.165) is 18.2 Å². The zero-order valence-corrected chi connectivity index (χ0v) is 12.3. The van der Waals surface area contributed by atoms with Crippen LogP contribution in [0.1, 0.15) is 38.3 Å². The monoisotopic (exact) mass is 262 g/mol. The van der Waals surface area contributed by atoms with E-state index < -0.39 is 0 Å². The molecule has 0 spiro atoms. The molecule has 2 N–H and O–H groups in total. The number of likely N-dealkylation sites (tertiary alicyclic amines) is 1. The summed E-state index contributed by atoms with van der Waals surface area (Å²) < 4.78 is 5.49. The van der Waals surface area contributed by atoms with Crippen molar-refractivity contribution in [3.8, 4) is 5.75 Å². The molecule has 1 aliphatic heterocycles. The van der Waals surface area contributed by atoms with Crippen molar-refractivity contribution in [2.45, 2.75) is 38.8 Å². The Bertz CT molecular complexity index is 407. The minimum Gasteiger partial charge on any atom is -0.496 e. The lowest BCUT2D eigenvalue weighted by atomic mass is 9.90. The highest BCUT2D eigenvalue weighted by Gasteiger charge is 2.30. The van der Waals surface area contributed by atoms with E-state index in [1.165, 1.54) is 18.4 Å². The van der Waals surface area contributed by atoms with Crippen LogP contribution in [0.4, 0.5) is 0 Å². The SMILES string of the molecule is COc1ccccc1C(CN)N1CCC(C)CC1C. The Morgan fingerprint density at radius 3 is 2.74 bits per heavy atom. The van der Waals surface area contributed by atoms with E-state index in [1.54, 1.807) is 7.11 Å². The molecule has 2 rings (SSSR count). The van der Waals surface area contributed by atoms with Crippen LogP contribution >= 0.6 is 0 Å². The van der Waals surface area contributed by atoms with E-state index in [4.69, 9.17) is 10.5 Å². The molecule has 1 aromatic carbocycles. The quantitative estimate of drug-likeness (QED) is 0.907. The fourth-order valence-corrected chi connectivity index (χ4v) is 3.27. The first-order valence-electron chi connectivity index (χ1n) is 7.26. The van der Waals surface area contributed by atoms with Crippen LogP contribution in [0.25, 0.3) is 0 Å². The van der Waals surface area contributed by atoms with Crippen molar-refractivity contribution in [2.24, 2.45) is 11.7 Å². The minimum atomic E-state index is 0.263. The fraction of sp³-hybridized carbons (Fsp3) is 0.625. The first kappa shape index (κ1) is 14.4. The molecule has 1 aromatic rings. The maximum absolute atomic E-state index is 6.06. The molecule has 3 nitrogen and oxygen atoms in total. The van der Waals surface area contributed by atoms with Crippen LogP contribution in [0.2, 0.25) is 0 Å². The van der Waals surface area contributed by atoms with Gasteiger partial charge in [0.2, 0.25) is 0 Å². The summed E-state index contributed by atoms with van der Waals surface area (Å²) in [6.07, 6.45) is 2.52. The van der Waals surface area contributed by atoms with Gasteiger partial charge in [-0.25, -0.2) is 0 Å². The summed E-state index contributed by atoms with van der Waals surface area (Å²) in [7, 11) is 1.73. The van der Waals surface area contributed by atoms with Crippen molar-refractivity contribution in [3.05, 3.63) is 29.8 Å². The van der Waals surface area contributed by atoms with E-state index in [2.05, 4.69) is 30.9 Å². The van der Waals surface area contributed by atoms with Gasteiger partial charge in [0.15, 0.2) is 0 Å². The number of piperidine rings is 1. The summed E-state index contributed by atoms with van der Waals surface area (Å²) in [4.78, 5) is 2.54. The maximum Gasteiger partial charge on any atom is 0.123 e. The molecule has 3 unspecified atom stereocenters. The lowest BCUT2D eigenvalue weighted by Crippen LogP contribution is -2.45.